The van der Waals surface area contributed by atoms with E-state index in [1.165, 1.54) is 0 Å². The van der Waals surface area contributed by atoms with Crippen molar-refractivity contribution in [3.8, 4) is 0 Å². The van der Waals surface area contributed by atoms with Gasteiger partial charge in [-0.3, -0.25) is 9.59 Å². The molecule has 0 aliphatic heterocycles. The molecule has 1 atom stereocenters. The highest BCUT2D eigenvalue weighted by Gasteiger charge is 2.07. The van der Waals surface area contributed by atoms with Crippen molar-refractivity contribution in [3.05, 3.63) is 48.0 Å². The van der Waals surface area contributed by atoms with Crippen molar-refractivity contribution in [3.63, 3.8) is 0 Å². The first-order chi connectivity index (χ1) is 12.3. The fourth-order valence-corrected chi connectivity index (χ4v) is 2.48. The van der Waals surface area contributed by atoms with Crippen LogP contribution in [0, 0.1) is 5.92 Å². The van der Waals surface area contributed by atoms with Crippen LogP contribution in [0.3, 0.4) is 0 Å². The second-order valence-corrected chi connectivity index (χ2v) is 6.20. The van der Waals surface area contributed by atoms with Crippen LogP contribution < -0.4 is 11.5 Å². The average molecular weight is 358 g/mol. The molecule has 5 N–H and O–H groups in total. The standard InChI is InChI=1S/C11H8O2.C9H18N2O2/c12-11(13)10-7-3-5-8-4-1-2-6-9(8)10;1-7(9(11)13)5-3-2-4-6-8(10)12/h1-7H,(H,12,13);7H,2-6H2,1H3,(H2,10,12)(H2,11,13). The topological polar surface area (TPSA) is 123 Å². The summed E-state index contributed by atoms with van der Waals surface area (Å²) in [6.45, 7) is 1.82. The Morgan fingerprint density at radius 2 is 1.62 bits per heavy atom. The first kappa shape index (κ1) is 21.2. The van der Waals surface area contributed by atoms with Crippen LogP contribution in [0.5, 0.6) is 0 Å². The van der Waals surface area contributed by atoms with Gasteiger partial charge in [-0.05, 0) is 29.7 Å². The van der Waals surface area contributed by atoms with Crippen LogP contribution in [0.15, 0.2) is 42.5 Å². The van der Waals surface area contributed by atoms with Crippen molar-refractivity contribution in [2.24, 2.45) is 17.4 Å². The summed E-state index contributed by atoms with van der Waals surface area (Å²) in [5.41, 5.74) is 10.4. The van der Waals surface area contributed by atoms with Crippen LogP contribution in [0.25, 0.3) is 10.8 Å². The molecule has 0 aliphatic carbocycles. The van der Waals surface area contributed by atoms with E-state index in [1.54, 1.807) is 12.1 Å². The Balaban J connectivity index is 0.000000260. The average Bonchev–Trinajstić information content (AvgIpc) is 2.60. The number of carbonyl (C=O) groups excluding carboxylic acids is 2. The molecule has 2 aromatic rings. The van der Waals surface area contributed by atoms with Gasteiger partial charge in [0.05, 0.1) is 5.56 Å². The monoisotopic (exact) mass is 358 g/mol. The highest BCUT2D eigenvalue weighted by Crippen LogP contribution is 2.17. The van der Waals surface area contributed by atoms with Gasteiger partial charge in [-0.25, -0.2) is 4.79 Å². The van der Waals surface area contributed by atoms with E-state index in [-0.39, 0.29) is 17.7 Å². The quantitative estimate of drug-likeness (QED) is 0.627. The lowest BCUT2D eigenvalue weighted by Gasteiger charge is -2.05. The van der Waals surface area contributed by atoms with Gasteiger partial charge < -0.3 is 16.6 Å². The molecule has 0 spiro atoms. The largest absolute Gasteiger partial charge is 0.478 e. The molecule has 6 nitrogen and oxygen atoms in total. The minimum Gasteiger partial charge on any atom is -0.478 e. The molecule has 0 saturated carbocycles. The molecule has 140 valence electrons. The van der Waals surface area contributed by atoms with E-state index >= 15 is 0 Å². The van der Waals surface area contributed by atoms with Gasteiger partial charge in [0.15, 0.2) is 0 Å². The number of carboxylic acid groups (broad SMARTS) is 1. The zero-order valence-electron chi connectivity index (χ0n) is 15.0. The number of primary amides is 2. The second kappa shape index (κ2) is 10.9. The van der Waals surface area contributed by atoms with Crippen LogP contribution in [0.1, 0.15) is 49.4 Å². The smallest absolute Gasteiger partial charge is 0.336 e. The fourth-order valence-electron chi connectivity index (χ4n) is 2.48. The van der Waals surface area contributed by atoms with Crippen molar-refractivity contribution in [2.75, 3.05) is 0 Å². The van der Waals surface area contributed by atoms with E-state index < -0.39 is 5.97 Å². The number of carboxylic acids is 1. The summed E-state index contributed by atoms with van der Waals surface area (Å²) in [5.74, 6) is -1.46. The minimum absolute atomic E-state index is 0.0615. The third-order valence-corrected chi connectivity index (χ3v) is 4.07. The molecule has 0 fully saturated rings. The second-order valence-electron chi connectivity index (χ2n) is 6.20. The zero-order valence-corrected chi connectivity index (χ0v) is 15.0. The van der Waals surface area contributed by atoms with E-state index in [1.807, 2.05) is 37.3 Å². The predicted molar refractivity (Wildman–Crippen MR) is 102 cm³/mol. The number of nitrogens with two attached hydrogens (primary N) is 2. The van der Waals surface area contributed by atoms with Crippen molar-refractivity contribution in [1.82, 2.24) is 0 Å². The first-order valence-electron chi connectivity index (χ1n) is 8.61. The Morgan fingerprint density at radius 3 is 2.23 bits per heavy atom. The zero-order chi connectivity index (χ0) is 19.5. The maximum atomic E-state index is 10.8. The van der Waals surface area contributed by atoms with Gasteiger partial charge in [-0.2, -0.15) is 0 Å². The normalized spacial score (nSPS) is 11.3. The molecule has 2 amide bonds. The van der Waals surface area contributed by atoms with Crippen molar-refractivity contribution in [1.29, 1.82) is 0 Å². The van der Waals surface area contributed by atoms with E-state index in [0.29, 0.717) is 12.0 Å². The highest BCUT2D eigenvalue weighted by atomic mass is 16.4. The van der Waals surface area contributed by atoms with E-state index in [0.717, 1.165) is 36.5 Å². The molecule has 0 saturated heterocycles. The molecular weight excluding hydrogens is 332 g/mol. The molecule has 6 heteroatoms. The Hall–Kier alpha value is -2.89. The van der Waals surface area contributed by atoms with E-state index in [2.05, 4.69) is 0 Å². The van der Waals surface area contributed by atoms with Gasteiger partial charge in [-0.1, -0.05) is 56.2 Å². The summed E-state index contributed by atoms with van der Waals surface area (Å²) in [7, 11) is 0. The number of amides is 2. The van der Waals surface area contributed by atoms with Crippen LogP contribution in [0.2, 0.25) is 0 Å². The predicted octanol–water partition coefficient (Wildman–Crippen LogP) is 3.08. The molecule has 2 aromatic carbocycles. The number of aromatic carboxylic acids is 1. The van der Waals surface area contributed by atoms with Crippen LogP contribution in [-0.4, -0.2) is 22.9 Å². The molecular formula is C20H26N2O4. The molecule has 0 aliphatic rings. The summed E-state index contributed by atoms with van der Waals surface area (Å²) in [6, 6.07) is 12.7. The molecule has 0 radical (unpaired) electrons. The minimum atomic E-state index is -0.878. The van der Waals surface area contributed by atoms with Gasteiger partial charge in [0.25, 0.3) is 0 Å². The fraction of sp³-hybridized carbons (Fsp3) is 0.350. The lowest BCUT2D eigenvalue weighted by atomic mass is 10.0. The van der Waals surface area contributed by atoms with Gasteiger partial charge >= 0.3 is 5.97 Å². The van der Waals surface area contributed by atoms with Gasteiger partial charge in [0, 0.05) is 12.3 Å². The van der Waals surface area contributed by atoms with Crippen molar-refractivity contribution in [2.45, 2.75) is 39.0 Å². The van der Waals surface area contributed by atoms with Crippen molar-refractivity contribution < 1.29 is 19.5 Å². The third kappa shape index (κ3) is 7.34. The van der Waals surface area contributed by atoms with Gasteiger partial charge in [-0.15, -0.1) is 0 Å². The van der Waals surface area contributed by atoms with E-state index in [4.69, 9.17) is 16.6 Å². The number of carbonyl (C=O) groups is 3. The summed E-state index contributed by atoms with van der Waals surface area (Å²) in [5, 5.41) is 10.6. The Bertz CT molecular complexity index is 753. The number of unbranched alkanes of at least 4 members (excludes halogenated alkanes) is 2. The molecule has 0 heterocycles. The molecule has 0 bridgehead atoms. The Labute approximate surface area is 153 Å². The van der Waals surface area contributed by atoms with Crippen molar-refractivity contribution >= 4 is 28.6 Å². The van der Waals surface area contributed by atoms with Crippen LogP contribution >= 0.6 is 0 Å². The number of hydrogen-bond acceptors (Lipinski definition) is 3. The number of rotatable bonds is 8. The molecule has 0 aromatic heterocycles. The summed E-state index contributed by atoms with van der Waals surface area (Å²) >= 11 is 0. The van der Waals surface area contributed by atoms with Crippen LogP contribution in [-0.2, 0) is 9.59 Å². The van der Waals surface area contributed by atoms with Gasteiger partial charge in [0.2, 0.25) is 11.8 Å². The Kier molecular flexibility index (Phi) is 8.84. The maximum absolute atomic E-state index is 10.8. The first-order valence-corrected chi connectivity index (χ1v) is 8.61. The molecule has 2 rings (SSSR count). The highest BCUT2D eigenvalue weighted by molar-refractivity contribution is 6.03. The summed E-state index contributed by atoms with van der Waals surface area (Å²) in [4.78, 5) is 31.8. The lowest BCUT2D eigenvalue weighted by Crippen LogP contribution is -2.20. The van der Waals surface area contributed by atoms with Gasteiger partial charge in [0.1, 0.15) is 0 Å². The lowest BCUT2D eigenvalue weighted by molar-refractivity contribution is -0.121. The Morgan fingerprint density at radius 1 is 0.962 bits per heavy atom. The number of hydrogen-bond donors (Lipinski definition) is 3. The molecule has 1 unspecified atom stereocenters. The third-order valence-electron chi connectivity index (χ3n) is 4.07. The SMILES string of the molecule is CC(CCCCCC(N)=O)C(N)=O.O=C(O)c1cccc2ccccc12. The van der Waals surface area contributed by atoms with Crippen LogP contribution in [0.4, 0.5) is 0 Å². The summed E-state index contributed by atoms with van der Waals surface area (Å²) < 4.78 is 0. The van der Waals surface area contributed by atoms with E-state index in [9.17, 15) is 14.4 Å². The number of benzene rings is 2. The molecule has 26 heavy (non-hydrogen) atoms. The summed E-state index contributed by atoms with van der Waals surface area (Å²) in [6.07, 6.45) is 3.90. The number of fused-ring (bicyclic) bond motifs is 1. The maximum Gasteiger partial charge on any atom is 0.336 e.